The maximum atomic E-state index is 5.18. The van der Waals surface area contributed by atoms with Crippen LogP contribution in [0, 0.1) is 0 Å². The Balaban J connectivity index is 1.89. The van der Waals surface area contributed by atoms with Crippen molar-refractivity contribution in [2.24, 2.45) is 0 Å². The van der Waals surface area contributed by atoms with Crippen LogP contribution in [-0.4, -0.2) is 9.38 Å². The second-order valence-electron chi connectivity index (χ2n) is 9.86. The van der Waals surface area contributed by atoms with Crippen molar-refractivity contribution in [1.82, 2.24) is 9.38 Å². The summed E-state index contributed by atoms with van der Waals surface area (Å²) in [4.78, 5) is 5.18. The molecule has 6 rings (SSSR count). The van der Waals surface area contributed by atoms with Crippen molar-refractivity contribution < 1.29 is 0 Å². The molecule has 2 aliphatic rings. The molecule has 4 aromatic rings. The Morgan fingerprint density at radius 1 is 1.14 bits per heavy atom. The molecule has 0 radical (unpaired) electrons. The van der Waals surface area contributed by atoms with Crippen molar-refractivity contribution in [3.05, 3.63) is 57.7 Å². The second kappa shape index (κ2) is 5.18. The van der Waals surface area contributed by atoms with E-state index in [0.717, 1.165) is 22.1 Å². The summed E-state index contributed by atoms with van der Waals surface area (Å²) in [5, 5.41) is 2.60. The molecule has 0 N–H and O–H groups in total. The van der Waals surface area contributed by atoms with Crippen molar-refractivity contribution >= 4 is 43.4 Å². The Kier molecular flexibility index (Phi) is 3.15. The van der Waals surface area contributed by atoms with Gasteiger partial charge in [-0.3, -0.25) is 4.40 Å². The van der Waals surface area contributed by atoms with Crippen LogP contribution in [0.2, 0.25) is 0 Å². The van der Waals surface area contributed by atoms with Gasteiger partial charge in [0.05, 0.1) is 11.0 Å². The first-order chi connectivity index (χ1) is 13.3. The van der Waals surface area contributed by atoms with Gasteiger partial charge in [0.25, 0.3) is 0 Å². The molecule has 2 nitrogen and oxygen atoms in total. The van der Waals surface area contributed by atoms with Crippen LogP contribution in [0.1, 0.15) is 69.6 Å². The highest BCUT2D eigenvalue weighted by atomic mass is 79.9. The fourth-order valence-electron chi connectivity index (χ4n) is 6.41. The summed E-state index contributed by atoms with van der Waals surface area (Å²) in [7, 11) is 0. The molecule has 2 aromatic carbocycles. The maximum Gasteiger partial charge on any atom is 0.146 e. The predicted molar refractivity (Wildman–Crippen MR) is 121 cm³/mol. The lowest BCUT2D eigenvalue weighted by molar-refractivity contribution is 0.328. The Hall–Kier alpha value is -1.87. The Morgan fingerprint density at radius 2 is 1.96 bits per heavy atom. The summed E-state index contributed by atoms with van der Waals surface area (Å²) >= 11 is 3.79. The quantitative estimate of drug-likeness (QED) is 0.309. The molecule has 0 spiro atoms. The van der Waals surface area contributed by atoms with Crippen LogP contribution in [-0.2, 0) is 10.8 Å². The third-order valence-corrected chi connectivity index (χ3v) is 8.20. The monoisotopic (exact) mass is 432 g/mol. The van der Waals surface area contributed by atoms with Crippen LogP contribution in [0.4, 0.5) is 0 Å². The molecule has 0 fully saturated rings. The van der Waals surface area contributed by atoms with Crippen LogP contribution in [0.5, 0.6) is 0 Å². The number of fused-ring (bicyclic) bond motifs is 1. The van der Waals surface area contributed by atoms with Crippen molar-refractivity contribution in [3.8, 4) is 0 Å². The summed E-state index contributed by atoms with van der Waals surface area (Å²) in [6, 6.07) is 11.7. The first-order valence-corrected chi connectivity index (χ1v) is 11.2. The average molecular weight is 433 g/mol. The number of imidazole rings is 1. The van der Waals surface area contributed by atoms with E-state index in [1.165, 1.54) is 45.8 Å². The SMILES string of the molecule is CCC1CC2(C)CC(C)(C)c3cc4c(cc32)nc2c3c1ccc(Br)c3ccn42. The molecule has 2 unspecified atom stereocenters. The molecule has 3 heterocycles. The maximum absolute atomic E-state index is 5.18. The highest BCUT2D eigenvalue weighted by Crippen LogP contribution is 2.55. The van der Waals surface area contributed by atoms with E-state index in [1.807, 2.05) is 0 Å². The van der Waals surface area contributed by atoms with Crippen LogP contribution < -0.4 is 0 Å². The molecule has 1 aliphatic carbocycles. The van der Waals surface area contributed by atoms with Gasteiger partial charge in [0.2, 0.25) is 0 Å². The average Bonchev–Trinajstić information content (AvgIpc) is 3.11. The zero-order valence-electron chi connectivity index (χ0n) is 16.9. The van der Waals surface area contributed by atoms with Gasteiger partial charge in [-0.1, -0.05) is 49.7 Å². The highest BCUT2D eigenvalue weighted by Gasteiger charge is 2.46. The van der Waals surface area contributed by atoms with E-state index in [0.29, 0.717) is 5.92 Å². The zero-order valence-corrected chi connectivity index (χ0v) is 18.5. The summed E-state index contributed by atoms with van der Waals surface area (Å²) < 4.78 is 3.47. The molecule has 2 aromatic heterocycles. The third kappa shape index (κ3) is 1.96. The number of pyridine rings is 1. The van der Waals surface area contributed by atoms with Crippen LogP contribution in [0.25, 0.3) is 27.5 Å². The van der Waals surface area contributed by atoms with Crippen molar-refractivity contribution in [1.29, 1.82) is 0 Å². The predicted octanol–water partition coefficient (Wildman–Crippen LogP) is 7.24. The molecule has 0 saturated heterocycles. The summed E-state index contributed by atoms with van der Waals surface area (Å²) in [6.45, 7) is 9.67. The summed E-state index contributed by atoms with van der Waals surface area (Å²) in [6.07, 6.45) is 5.76. The molecule has 3 bridgehead atoms. The van der Waals surface area contributed by atoms with Crippen LogP contribution in [0.3, 0.4) is 0 Å². The second-order valence-corrected chi connectivity index (χ2v) is 10.7. The molecular formula is C25H25BrN2. The molecule has 1 aliphatic heterocycles. The first kappa shape index (κ1) is 17.0. The number of rotatable bonds is 1. The molecular weight excluding hydrogens is 408 g/mol. The number of halogens is 1. The fourth-order valence-corrected chi connectivity index (χ4v) is 6.87. The van der Waals surface area contributed by atoms with Gasteiger partial charge in [-0.15, -0.1) is 0 Å². The van der Waals surface area contributed by atoms with Gasteiger partial charge in [-0.2, -0.15) is 0 Å². The third-order valence-electron chi connectivity index (χ3n) is 7.51. The minimum absolute atomic E-state index is 0.195. The minimum Gasteiger partial charge on any atom is -0.299 e. The van der Waals surface area contributed by atoms with E-state index in [2.05, 4.69) is 84.6 Å². The van der Waals surface area contributed by atoms with E-state index in [-0.39, 0.29) is 10.8 Å². The van der Waals surface area contributed by atoms with Crippen molar-refractivity contribution in [2.75, 3.05) is 0 Å². The van der Waals surface area contributed by atoms with Crippen molar-refractivity contribution in [2.45, 2.75) is 63.7 Å². The standard InChI is InChI=1S/C25H25BrN2/c1-5-14-12-25(4)13-24(2,3)17-11-21-20(10-18(17)25)27-23-22-15(14)6-7-19(26)16(22)8-9-28(21)23/h6-11,14H,5,12-13H2,1-4H3. The topological polar surface area (TPSA) is 17.3 Å². The van der Waals surface area contributed by atoms with Gasteiger partial charge < -0.3 is 0 Å². The van der Waals surface area contributed by atoms with E-state index < -0.39 is 0 Å². The fraction of sp³-hybridized carbons (Fsp3) is 0.400. The van der Waals surface area contributed by atoms with Gasteiger partial charge in [0, 0.05) is 21.4 Å². The molecule has 3 heteroatoms. The number of nitrogens with zero attached hydrogens (tertiary/aromatic N) is 2. The summed E-state index contributed by atoms with van der Waals surface area (Å²) in [5.74, 6) is 0.533. The van der Waals surface area contributed by atoms with Gasteiger partial charge in [-0.25, -0.2) is 4.98 Å². The first-order valence-electron chi connectivity index (χ1n) is 10.4. The zero-order chi connectivity index (χ0) is 19.4. The van der Waals surface area contributed by atoms with Crippen molar-refractivity contribution in [3.63, 3.8) is 0 Å². The summed E-state index contributed by atoms with van der Waals surface area (Å²) in [5.41, 5.74) is 8.39. The smallest absolute Gasteiger partial charge is 0.146 e. The number of hydrogen-bond donors (Lipinski definition) is 0. The number of aromatic nitrogens is 2. The lowest BCUT2D eigenvalue weighted by atomic mass is 9.71. The van der Waals surface area contributed by atoms with E-state index >= 15 is 0 Å². The Morgan fingerprint density at radius 3 is 2.75 bits per heavy atom. The van der Waals surface area contributed by atoms with E-state index in [4.69, 9.17) is 4.98 Å². The van der Waals surface area contributed by atoms with Gasteiger partial charge in [-0.05, 0) is 77.0 Å². The van der Waals surface area contributed by atoms with Gasteiger partial charge >= 0.3 is 0 Å². The van der Waals surface area contributed by atoms with Gasteiger partial charge in [0.1, 0.15) is 5.65 Å². The normalized spacial score (nSPS) is 25.2. The molecule has 142 valence electrons. The Labute approximate surface area is 174 Å². The minimum atomic E-state index is 0.195. The van der Waals surface area contributed by atoms with Crippen LogP contribution >= 0.6 is 15.9 Å². The number of benzene rings is 2. The molecule has 28 heavy (non-hydrogen) atoms. The lowest BCUT2D eigenvalue weighted by Crippen LogP contribution is -2.25. The van der Waals surface area contributed by atoms with Crippen LogP contribution in [0.15, 0.2) is 41.0 Å². The largest absolute Gasteiger partial charge is 0.299 e. The van der Waals surface area contributed by atoms with Gasteiger partial charge in [0.15, 0.2) is 0 Å². The number of hydrogen-bond acceptors (Lipinski definition) is 1. The molecule has 0 saturated carbocycles. The lowest BCUT2D eigenvalue weighted by Gasteiger charge is -2.32. The molecule has 0 amide bonds. The van der Waals surface area contributed by atoms with E-state index in [9.17, 15) is 0 Å². The highest BCUT2D eigenvalue weighted by molar-refractivity contribution is 9.10. The Bertz CT molecular complexity index is 1310. The van der Waals surface area contributed by atoms with E-state index in [1.54, 1.807) is 0 Å². The molecule has 2 atom stereocenters.